The fraction of sp³-hybridized carbons (Fsp3) is 0.417. The van der Waals surface area contributed by atoms with Gasteiger partial charge in [-0.3, -0.25) is 4.99 Å². The highest BCUT2D eigenvalue weighted by Gasteiger charge is 2.21. The zero-order chi connectivity index (χ0) is 11.5. The van der Waals surface area contributed by atoms with Crippen LogP contribution in [-0.4, -0.2) is 17.0 Å². The molecule has 1 aromatic rings. The van der Waals surface area contributed by atoms with E-state index in [4.69, 9.17) is 0 Å². The molecule has 0 saturated carbocycles. The van der Waals surface area contributed by atoms with E-state index in [1.807, 2.05) is 23.9 Å². The van der Waals surface area contributed by atoms with Gasteiger partial charge in [0, 0.05) is 9.32 Å². The monoisotopic (exact) mass is 346 g/mol. The Bertz CT molecular complexity index is 404. The van der Waals surface area contributed by atoms with Gasteiger partial charge >= 0.3 is 0 Å². The van der Waals surface area contributed by atoms with E-state index in [2.05, 4.69) is 58.9 Å². The second-order valence-corrected chi connectivity index (χ2v) is 6.33. The predicted octanol–water partition coefficient (Wildman–Crippen LogP) is 3.83. The van der Waals surface area contributed by atoms with Crippen LogP contribution in [0.2, 0.25) is 0 Å². The van der Waals surface area contributed by atoms with Crippen molar-refractivity contribution in [3.05, 3.63) is 27.8 Å². The van der Waals surface area contributed by atoms with E-state index < -0.39 is 0 Å². The molecule has 0 unspecified atom stereocenters. The molecule has 1 aliphatic rings. The summed E-state index contributed by atoms with van der Waals surface area (Å²) in [5.41, 5.74) is 1.15. The highest BCUT2D eigenvalue weighted by Crippen LogP contribution is 2.26. The number of amidine groups is 1. The lowest BCUT2D eigenvalue weighted by Gasteiger charge is -2.08. The van der Waals surface area contributed by atoms with Gasteiger partial charge in [-0.25, -0.2) is 0 Å². The van der Waals surface area contributed by atoms with Gasteiger partial charge in [-0.2, -0.15) is 0 Å². The summed E-state index contributed by atoms with van der Waals surface area (Å²) in [7, 11) is 0. The summed E-state index contributed by atoms with van der Waals surface area (Å²) in [5, 5.41) is 4.46. The Labute approximate surface area is 114 Å². The van der Waals surface area contributed by atoms with Crippen LogP contribution in [0.5, 0.6) is 0 Å². The number of nitrogens with zero attached hydrogens (tertiary/aromatic N) is 1. The summed E-state index contributed by atoms with van der Waals surface area (Å²) in [6.45, 7) is 4.45. The minimum absolute atomic E-state index is 0.467. The molecular formula is C12H15IN2S. The number of hydrogen-bond acceptors (Lipinski definition) is 3. The average molecular weight is 346 g/mol. The van der Waals surface area contributed by atoms with Crippen LogP contribution < -0.4 is 5.32 Å². The molecule has 0 spiro atoms. The molecule has 1 heterocycles. The number of halogens is 1. The molecule has 0 amide bonds. The number of rotatable bonds is 2. The van der Waals surface area contributed by atoms with Gasteiger partial charge in [-0.1, -0.05) is 37.7 Å². The fourth-order valence-electron chi connectivity index (χ4n) is 1.48. The quantitative estimate of drug-likeness (QED) is 0.823. The highest BCUT2D eigenvalue weighted by atomic mass is 127. The molecular weight excluding hydrogens is 331 g/mol. The molecule has 1 N–H and O–H groups in total. The predicted molar refractivity (Wildman–Crippen MR) is 81.3 cm³/mol. The number of para-hydroxylation sites is 1. The Morgan fingerprint density at radius 3 is 2.81 bits per heavy atom. The number of nitrogens with one attached hydrogen (secondary N) is 1. The topological polar surface area (TPSA) is 24.4 Å². The largest absolute Gasteiger partial charge is 0.334 e. The Hall–Kier alpha value is -0.230. The second kappa shape index (κ2) is 5.40. The molecule has 0 aromatic heterocycles. The van der Waals surface area contributed by atoms with Gasteiger partial charge in [0.05, 0.1) is 11.7 Å². The highest BCUT2D eigenvalue weighted by molar-refractivity contribution is 14.1. The van der Waals surface area contributed by atoms with Crippen LogP contribution in [0.4, 0.5) is 5.69 Å². The maximum absolute atomic E-state index is 4.69. The van der Waals surface area contributed by atoms with Gasteiger partial charge in [-0.15, -0.1) is 0 Å². The lowest BCUT2D eigenvalue weighted by molar-refractivity contribution is 0.543. The van der Waals surface area contributed by atoms with Crippen molar-refractivity contribution in [1.82, 2.24) is 0 Å². The van der Waals surface area contributed by atoms with Gasteiger partial charge < -0.3 is 5.32 Å². The Morgan fingerprint density at radius 1 is 1.44 bits per heavy atom. The molecule has 16 heavy (non-hydrogen) atoms. The SMILES string of the molecule is CC(C)[C@H]1CSC(Nc2ccccc2I)=N1. The summed E-state index contributed by atoms with van der Waals surface area (Å²) in [6, 6.07) is 8.75. The van der Waals surface area contributed by atoms with Crippen molar-refractivity contribution in [2.45, 2.75) is 19.9 Å². The number of aliphatic imine (C=N–C) groups is 1. The van der Waals surface area contributed by atoms with E-state index in [1.165, 1.54) is 3.57 Å². The van der Waals surface area contributed by atoms with Crippen LogP contribution in [-0.2, 0) is 0 Å². The Morgan fingerprint density at radius 2 is 2.19 bits per heavy atom. The zero-order valence-electron chi connectivity index (χ0n) is 9.40. The van der Waals surface area contributed by atoms with Crippen molar-refractivity contribution < 1.29 is 0 Å². The van der Waals surface area contributed by atoms with Crippen molar-refractivity contribution in [2.24, 2.45) is 10.9 Å². The van der Waals surface area contributed by atoms with E-state index >= 15 is 0 Å². The van der Waals surface area contributed by atoms with Crippen molar-refractivity contribution in [1.29, 1.82) is 0 Å². The first-order valence-corrected chi connectivity index (χ1v) is 7.45. The lowest BCUT2D eigenvalue weighted by atomic mass is 10.1. The van der Waals surface area contributed by atoms with E-state index in [1.54, 1.807) is 0 Å². The van der Waals surface area contributed by atoms with Crippen molar-refractivity contribution >= 4 is 45.2 Å². The van der Waals surface area contributed by atoms with Crippen LogP contribution in [0.15, 0.2) is 29.3 Å². The molecule has 2 rings (SSSR count). The molecule has 0 saturated heterocycles. The third-order valence-electron chi connectivity index (χ3n) is 2.56. The summed E-state index contributed by atoms with van der Waals surface area (Å²) >= 11 is 4.16. The first kappa shape index (κ1) is 12.2. The van der Waals surface area contributed by atoms with Gasteiger partial charge in [0.1, 0.15) is 0 Å². The van der Waals surface area contributed by atoms with E-state index in [-0.39, 0.29) is 0 Å². The molecule has 1 aliphatic heterocycles. The summed E-state index contributed by atoms with van der Waals surface area (Å²) < 4.78 is 1.23. The van der Waals surface area contributed by atoms with Crippen molar-refractivity contribution in [3.8, 4) is 0 Å². The molecule has 86 valence electrons. The van der Waals surface area contributed by atoms with Gasteiger partial charge in [-0.05, 0) is 40.6 Å². The van der Waals surface area contributed by atoms with Gasteiger partial charge in [0.25, 0.3) is 0 Å². The third-order valence-corrected chi connectivity index (χ3v) is 4.49. The van der Waals surface area contributed by atoms with Crippen LogP contribution in [0.3, 0.4) is 0 Å². The van der Waals surface area contributed by atoms with Crippen LogP contribution >= 0.6 is 34.4 Å². The first-order chi connectivity index (χ1) is 7.66. The van der Waals surface area contributed by atoms with Crippen molar-refractivity contribution in [2.75, 3.05) is 11.1 Å². The lowest BCUT2D eigenvalue weighted by Crippen LogP contribution is -2.12. The number of hydrogen-bond donors (Lipinski definition) is 1. The third kappa shape index (κ3) is 2.91. The first-order valence-electron chi connectivity index (χ1n) is 5.39. The molecule has 0 bridgehead atoms. The molecule has 0 radical (unpaired) electrons. The van der Waals surface area contributed by atoms with Crippen LogP contribution in [0.25, 0.3) is 0 Å². The smallest absolute Gasteiger partial charge is 0.161 e. The number of benzene rings is 1. The van der Waals surface area contributed by atoms with Gasteiger partial charge in [0.2, 0.25) is 0 Å². The molecule has 0 aliphatic carbocycles. The minimum Gasteiger partial charge on any atom is -0.334 e. The summed E-state index contributed by atoms with van der Waals surface area (Å²) in [5.74, 6) is 1.73. The van der Waals surface area contributed by atoms with E-state index in [0.29, 0.717) is 12.0 Å². The maximum atomic E-state index is 4.69. The normalized spacial score (nSPS) is 20.0. The number of anilines is 1. The molecule has 4 heteroatoms. The second-order valence-electron chi connectivity index (χ2n) is 4.16. The van der Waals surface area contributed by atoms with Gasteiger partial charge in [0.15, 0.2) is 5.17 Å². The average Bonchev–Trinajstić information content (AvgIpc) is 2.70. The summed E-state index contributed by atoms with van der Waals surface area (Å²) in [6.07, 6.45) is 0. The Balaban J connectivity index is 2.07. The standard InChI is InChI=1S/C12H15IN2S/c1-8(2)11-7-16-12(15-11)14-10-6-4-3-5-9(10)13/h3-6,8,11H,7H2,1-2H3,(H,14,15)/t11-/m1/s1. The maximum Gasteiger partial charge on any atom is 0.161 e. The van der Waals surface area contributed by atoms with Crippen LogP contribution in [0.1, 0.15) is 13.8 Å². The fourth-order valence-corrected chi connectivity index (χ4v) is 3.18. The van der Waals surface area contributed by atoms with Crippen molar-refractivity contribution in [3.63, 3.8) is 0 Å². The number of thioether (sulfide) groups is 1. The molecule has 0 fully saturated rings. The Kier molecular flexibility index (Phi) is 4.13. The minimum atomic E-state index is 0.467. The summed E-state index contributed by atoms with van der Waals surface area (Å²) in [4.78, 5) is 4.69. The molecule has 1 aromatic carbocycles. The van der Waals surface area contributed by atoms with E-state index in [9.17, 15) is 0 Å². The van der Waals surface area contributed by atoms with Crippen LogP contribution in [0, 0.1) is 9.49 Å². The zero-order valence-corrected chi connectivity index (χ0v) is 12.4. The van der Waals surface area contributed by atoms with E-state index in [0.717, 1.165) is 16.6 Å². The molecule has 1 atom stereocenters. The molecule has 2 nitrogen and oxygen atoms in total.